The van der Waals surface area contributed by atoms with Crippen molar-refractivity contribution in [1.82, 2.24) is 0 Å². The van der Waals surface area contributed by atoms with Gasteiger partial charge in [0.15, 0.2) is 0 Å². The molecule has 0 aliphatic rings. The van der Waals surface area contributed by atoms with Crippen molar-refractivity contribution < 1.29 is 0 Å². The Kier molecular flexibility index (Phi) is 8.09. The number of anilines is 3. The molecule has 0 saturated carbocycles. The molecule has 0 atom stereocenters. The number of fused-ring (bicyclic) bond motifs is 2. The highest BCUT2D eigenvalue weighted by Crippen LogP contribution is 2.39. The van der Waals surface area contributed by atoms with Crippen molar-refractivity contribution >= 4 is 50.3 Å². The second kappa shape index (κ2) is 13.3. The zero-order valence-corrected chi connectivity index (χ0v) is 26.7. The van der Waals surface area contributed by atoms with E-state index in [1.54, 1.807) is 0 Å². The molecule has 8 aromatic carbocycles. The lowest BCUT2D eigenvalue weighted by Crippen LogP contribution is -2.10. The minimum absolute atomic E-state index is 0.868. The molecule has 0 amide bonds. The van der Waals surface area contributed by atoms with Crippen molar-refractivity contribution in [2.45, 2.75) is 6.42 Å². The number of nitrogens with zero attached hydrogens (tertiary/aromatic N) is 1. The van der Waals surface area contributed by atoms with Gasteiger partial charge in [-0.1, -0.05) is 170 Å². The van der Waals surface area contributed by atoms with Crippen LogP contribution in [0.15, 0.2) is 194 Å². The standard InChI is InChI=1S/C47H35N/c1-3-13-35(14-4-1)33-41(45-23-11-17-39-15-7-9-21-44(39)45)34-36-25-27-37(28-26-36)38-29-31-43(32-30-38)48(42-19-5-2-6-20-42)47-24-12-18-40-16-8-10-22-46(40)47/h1-32,34H,33H2/b41-34-. The number of hydrogen-bond donors (Lipinski definition) is 0. The molecule has 1 heteroatoms. The molecule has 8 aromatic rings. The molecular weight excluding hydrogens is 579 g/mol. The van der Waals surface area contributed by atoms with Crippen molar-refractivity contribution in [3.63, 3.8) is 0 Å². The minimum Gasteiger partial charge on any atom is -0.310 e. The first-order valence-corrected chi connectivity index (χ1v) is 16.6. The summed E-state index contributed by atoms with van der Waals surface area (Å²) in [5, 5.41) is 5.01. The maximum absolute atomic E-state index is 2.35. The predicted molar refractivity (Wildman–Crippen MR) is 206 cm³/mol. The second-order valence-corrected chi connectivity index (χ2v) is 12.2. The van der Waals surface area contributed by atoms with Gasteiger partial charge in [-0.25, -0.2) is 0 Å². The first kappa shape index (κ1) is 29.2. The van der Waals surface area contributed by atoms with Gasteiger partial charge in [0, 0.05) is 16.8 Å². The van der Waals surface area contributed by atoms with Crippen molar-refractivity contribution in [2.24, 2.45) is 0 Å². The van der Waals surface area contributed by atoms with Crippen LogP contribution >= 0.6 is 0 Å². The zero-order valence-electron chi connectivity index (χ0n) is 26.7. The van der Waals surface area contributed by atoms with Crippen LogP contribution < -0.4 is 4.90 Å². The van der Waals surface area contributed by atoms with Gasteiger partial charge in [0.05, 0.1) is 5.69 Å². The third-order valence-electron chi connectivity index (χ3n) is 9.11. The summed E-state index contributed by atoms with van der Waals surface area (Å²) in [5.74, 6) is 0. The SMILES string of the molecule is C(=C(\Cc1ccccc1)c1cccc2ccccc12)/c1ccc(-c2ccc(N(c3ccccc3)c3cccc4ccccc34)cc2)cc1. The first-order valence-electron chi connectivity index (χ1n) is 16.6. The molecule has 48 heavy (non-hydrogen) atoms. The fraction of sp³-hybridized carbons (Fsp3) is 0.0213. The van der Waals surface area contributed by atoms with Crippen molar-refractivity contribution in [3.8, 4) is 11.1 Å². The van der Waals surface area contributed by atoms with Gasteiger partial charge in [-0.15, -0.1) is 0 Å². The van der Waals surface area contributed by atoms with Gasteiger partial charge in [-0.3, -0.25) is 0 Å². The smallest absolute Gasteiger partial charge is 0.0540 e. The van der Waals surface area contributed by atoms with E-state index < -0.39 is 0 Å². The zero-order chi connectivity index (χ0) is 32.1. The lowest BCUT2D eigenvalue weighted by molar-refractivity contribution is 1.29. The lowest BCUT2D eigenvalue weighted by Gasteiger charge is -2.27. The summed E-state index contributed by atoms with van der Waals surface area (Å²) < 4.78 is 0. The average molecular weight is 614 g/mol. The molecule has 0 aliphatic heterocycles. The van der Waals surface area contributed by atoms with Crippen LogP contribution in [0.25, 0.3) is 44.3 Å². The fourth-order valence-electron chi connectivity index (χ4n) is 6.73. The quantitative estimate of drug-likeness (QED) is 0.154. The Morgan fingerprint density at radius 3 is 1.65 bits per heavy atom. The molecule has 0 saturated heterocycles. The molecule has 228 valence electrons. The molecule has 0 bridgehead atoms. The summed E-state index contributed by atoms with van der Waals surface area (Å²) in [6.07, 6.45) is 3.22. The van der Waals surface area contributed by atoms with Gasteiger partial charge in [-0.05, 0) is 86.3 Å². The van der Waals surface area contributed by atoms with Gasteiger partial charge >= 0.3 is 0 Å². The van der Waals surface area contributed by atoms with E-state index in [1.165, 1.54) is 60.6 Å². The Hall–Kier alpha value is -6.18. The largest absolute Gasteiger partial charge is 0.310 e. The van der Waals surface area contributed by atoms with Crippen LogP contribution in [0.3, 0.4) is 0 Å². The van der Waals surface area contributed by atoms with Crippen LogP contribution in [0.2, 0.25) is 0 Å². The second-order valence-electron chi connectivity index (χ2n) is 12.2. The molecule has 1 nitrogen and oxygen atoms in total. The average Bonchev–Trinajstić information content (AvgIpc) is 3.16. The highest BCUT2D eigenvalue weighted by molar-refractivity contribution is 6.00. The molecule has 0 fully saturated rings. The van der Waals surface area contributed by atoms with Gasteiger partial charge in [-0.2, -0.15) is 0 Å². The van der Waals surface area contributed by atoms with Gasteiger partial charge in [0.1, 0.15) is 0 Å². The predicted octanol–water partition coefficient (Wildman–Crippen LogP) is 12.9. The fourth-order valence-corrected chi connectivity index (χ4v) is 6.73. The van der Waals surface area contributed by atoms with Crippen LogP contribution in [-0.2, 0) is 6.42 Å². The third-order valence-corrected chi connectivity index (χ3v) is 9.11. The summed E-state index contributed by atoms with van der Waals surface area (Å²) in [4.78, 5) is 2.35. The number of benzene rings is 8. The number of rotatable bonds is 8. The van der Waals surface area contributed by atoms with Crippen LogP contribution in [0.4, 0.5) is 17.1 Å². The maximum atomic E-state index is 2.35. The Morgan fingerprint density at radius 1 is 0.417 bits per heavy atom. The molecule has 0 heterocycles. The number of hydrogen-bond acceptors (Lipinski definition) is 1. The highest BCUT2D eigenvalue weighted by atomic mass is 15.1. The van der Waals surface area contributed by atoms with E-state index in [9.17, 15) is 0 Å². The monoisotopic (exact) mass is 613 g/mol. The highest BCUT2D eigenvalue weighted by Gasteiger charge is 2.15. The van der Waals surface area contributed by atoms with E-state index in [1.807, 2.05) is 0 Å². The Balaban J connectivity index is 1.12. The number of para-hydroxylation sites is 1. The topological polar surface area (TPSA) is 3.24 Å². The van der Waals surface area contributed by atoms with E-state index in [2.05, 4.69) is 205 Å². The summed E-state index contributed by atoms with van der Waals surface area (Å²) in [6.45, 7) is 0. The Labute approximate surface area is 282 Å². The molecule has 8 rings (SSSR count). The van der Waals surface area contributed by atoms with E-state index in [0.29, 0.717) is 0 Å². The Morgan fingerprint density at radius 2 is 0.938 bits per heavy atom. The van der Waals surface area contributed by atoms with E-state index in [0.717, 1.165) is 17.8 Å². The molecule has 0 aromatic heterocycles. The molecular formula is C47H35N. The van der Waals surface area contributed by atoms with Crippen molar-refractivity contribution in [3.05, 3.63) is 211 Å². The van der Waals surface area contributed by atoms with Crippen LogP contribution in [0.1, 0.15) is 16.7 Å². The van der Waals surface area contributed by atoms with E-state index >= 15 is 0 Å². The van der Waals surface area contributed by atoms with E-state index in [-0.39, 0.29) is 0 Å². The van der Waals surface area contributed by atoms with Crippen molar-refractivity contribution in [2.75, 3.05) is 4.90 Å². The molecule has 0 N–H and O–H groups in total. The third kappa shape index (κ3) is 6.02. The van der Waals surface area contributed by atoms with Crippen LogP contribution in [0, 0.1) is 0 Å². The van der Waals surface area contributed by atoms with Crippen LogP contribution in [0.5, 0.6) is 0 Å². The van der Waals surface area contributed by atoms with Crippen molar-refractivity contribution in [1.29, 1.82) is 0 Å². The van der Waals surface area contributed by atoms with Gasteiger partial charge in [0.2, 0.25) is 0 Å². The minimum atomic E-state index is 0.868. The molecule has 0 aliphatic carbocycles. The Bertz CT molecular complexity index is 2320. The number of allylic oxidation sites excluding steroid dienone is 1. The summed E-state index contributed by atoms with van der Waals surface area (Å²) in [5.41, 5.74) is 10.9. The molecule has 0 radical (unpaired) electrons. The van der Waals surface area contributed by atoms with Crippen LogP contribution in [-0.4, -0.2) is 0 Å². The molecule has 0 spiro atoms. The molecule has 0 unspecified atom stereocenters. The maximum Gasteiger partial charge on any atom is 0.0540 e. The summed E-state index contributed by atoms with van der Waals surface area (Å²) in [6, 6.07) is 69.7. The van der Waals surface area contributed by atoms with Gasteiger partial charge < -0.3 is 4.90 Å². The van der Waals surface area contributed by atoms with Gasteiger partial charge in [0.25, 0.3) is 0 Å². The summed E-state index contributed by atoms with van der Waals surface area (Å²) >= 11 is 0. The lowest BCUT2D eigenvalue weighted by atomic mass is 9.92. The van der Waals surface area contributed by atoms with E-state index in [4.69, 9.17) is 0 Å². The normalized spacial score (nSPS) is 11.5. The first-order chi connectivity index (χ1) is 23.8. The summed E-state index contributed by atoms with van der Waals surface area (Å²) in [7, 11) is 0.